The Morgan fingerprint density at radius 2 is 1.88 bits per heavy atom. The number of carbonyl (C=O) groups is 1. The van der Waals surface area contributed by atoms with E-state index in [4.69, 9.17) is 4.74 Å². The molecular weight excluding hydrogens is 434 g/mol. The van der Waals surface area contributed by atoms with Crippen LogP contribution in [0.5, 0.6) is 5.75 Å². The molecule has 2 aromatic rings. The Hall–Kier alpha value is -1.33. The highest BCUT2D eigenvalue weighted by atomic mass is 79.9. The molecule has 24 heavy (non-hydrogen) atoms. The first-order valence-electron chi connectivity index (χ1n) is 7.91. The van der Waals surface area contributed by atoms with Gasteiger partial charge in [0.05, 0.1) is 10.2 Å². The highest BCUT2D eigenvalue weighted by Crippen LogP contribution is 2.29. The molecule has 5 heteroatoms. The van der Waals surface area contributed by atoms with Crippen LogP contribution in [0.1, 0.15) is 37.8 Å². The van der Waals surface area contributed by atoms with E-state index in [0.29, 0.717) is 11.7 Å². The van der Waals surface area contributed by atoms with Gasteiger partial charge < -0.3 is 10.1 Å². The van der Waals surface area contributed by atoms with Crippen LogP contribution in [0.4, 0.5) is 5.69 Å². The molecule has 0 saturated carbocycles. The van der Waals surface area contributed by atoms with Crippen LogP contribution in [-0.2, 0) is 11.2 Å². The fraction of sp³-hybridized carbons (Fsp3) is 0.316. The van der Waals surface area contributed by atoms with Gasteiger partial charge in [-0.1, -0.05) is 32.9 Å². The van der Waals surface area contributed by atoms with Gasteiger partial charge in [0.1, 0.15) is 5.75 Å². The molecule has 0 atom stereocenters. The lowest BCUT2D eigenvalue weighted by Crippen LogP contribution is -2.20. The number of nitrogens with one attached hydrogen (secondary N) is 1. The molecule has 0 radical (unpaired) electrons. The Labute approximate surface area is 160 Å². The van der Waals surface area contributed by atoms with E-state index in [0.717, 1.165) is 21.1 Å². The molecule has 0 aliphatic carbocycles. The minimum atomic E-state index is -0.195. The van der Waals surface area contributed by atoms with E-state index < -0.39 is 0 Å². The van der Waals surface area contributed by atoms with Crippen molar-refractivity contribution in [3.8, 4) is 5.75 Å². The van der Waals surface area contributed by atoms with Gasteiger partial charge in [-0.3, -0.25) is 4.79 Å². The first-order chi connectivity index (χ1) is 11.4. The Morgan fingerprint density at radius 1 is 1.12 bits per heavy atom. The van der Waals surface area contributed by atoms with Gasteiger partial charge in [0, 0.05) is 4.47 Å². The Bertz CT molecular complexity index is 729. The molecule has 0 saturated heterocycles. The van der Waals surface area contributed by atoms with Crippen molar-refractivity contribution in [3.05, 3.63) is 56.5 Å². The number of benzene rings is 2. The largest absolute Gasteiger partial charge is 0.483 e. The first kappa shape index (κ1) is 19.0. The molecule has 0 heterocycles. The van der Waals surface area contributed by atoms with Gasteiger partial charge in [-0.2, -0.15) is 0 Å². The lowest BCUT2D eigenvalue weighted by molar-refractivity contribution is -0.118. The van der Waals surface area contributed by atoms with Gasteiger partial charge in [-0.05, 0) is 79.6 Å². The second-order valence-electron chi connectivity index (χ2n) is 5.85. The third-order valence-electron chi connectivity index (χ3n) is 3.70. The summed E-state index contributed by atoms with van der Waals surface area (Å²) in [5, 5.41) is 2.85. The van der Waals surface area contributed by atoms with E-state index >= 15 is 0 Å². The Morgan fingerprint density at radius 3 is 2.46 bits per heavy atom. The van der Waals surface area contributed by atoms with E-state index in [1.165, 1.54) is 11.1 Å². The molecule has 0 spiro atoms. The van der Waals surface area contributed by atoms with Crippen molar-refractivity contribution < 1.29 is 9.53 Å². The molecule has 1 N–H and O–H groups in total. The molecule has 0 bridgehead atoms. The Balaban J connectivity index is 1.96. The topological polar surface area (TPSA) is 38.3 Å². The van der Waals surface area contributed by atoms with E-state index in [2.05, 4.69) is 57.9 Å². The predicted molar refractivity (Wildman–Crippen MR) is 106 cm³/mol. The van der Waals surface area contributed by atoms with E-state index in [-0.39, 0.29) is 12.5 Å². The molecule has 3 nitrogen and oxygen atoms in total. The summed E-state index contributed by atoms with van der Waals surface area (Å²) in [6.45, 7) is 6.33. The molecule has 0 aliphatic rings. The fourth-order valence-electron chi connectivity index (χ4n) is 2.20. The highest BCUT2D eigenvalue weighted by molar-refractivity contribution is 9.11. The summed E-state index contributed by atoms with van der Waals surface area (Å²) < 4.78 is 7.35. The van der Waals surface area contributed by atoms with E-state index in [1.54, 1.807) is 0 Å². The minimum absolute atomic E-state index is 0.0401. The number of anilines is 1. The van der Waals surface area contributed by atoms with Gasteiger partial charge >= 0.3 is 0 Å². The smallest absolute Gasteiger partial charge is 0.262 e. The number of carbonyl (C=O) groups excluding carboxylic acids is 1. The second kappa shape index (κ2) is 8.67. The van der Waals surface area contributed by atoms with Crippen LogP contribution in [0, 0.1) is 0 Å². The number of hydrogen-bond acceptors (Lipinski definition) is 2. The zero-order chi connectivity index (χ0) is 17.7. The summed E-state index contributed by atoms with van der Waals surface area (Å²) in [6.07, 6.45) is 0.955. The number of halogens is 2. The SMILES string of the molecule is CCc1ccc(NC(=O)COc2ccc(C(C)C)cc2Br)c(Br)c1. The van der Waals surface area contributed by atoms with E-state index in [9.17, 15) is 4.79 Å². The monoisotopic (exact) mass is 453 g/mol. The standard InChI is InChI=1S/C19H21Br2NO2/c1-4-13-5-7-17(15(20)9-13)22-19(23)11-24-18-8-6-14(12(2)3)10-16(18)21/h5-10,12H,4,11H2,1-3H3,(H,22,23). The molecule has 0 unspecified atom stereocenters. The van der Waals surface area contributed by atoms with Crippen LogP contribution in [0.2, 0.25) is 0 Å². The zero-order valence-corrected chi connectivity index (χ0v) is 17.2. The molecule has 128 valence electrons. The molecule has 0 aromatic heterocycles. The van der Waals surface area contributed by atoms with Crippen molar-refractivity contribution in [1.29, 1.82) is 0 Å². The summed E-state index contributed by atoms with van der Waals surface area (Å²) in [5.41, 5.74) is 3.18. The van der Waals surface area contributed by atoms with Crippen molar-refractivity contribution in [1.82, 2.24) is 0 Å². The van der Waals surface area contributed by atoms with Gasteiger partial charge in [0.2, 0.25) is 0 Å². The van der Waals surface area contributed by atoms with Crippen molar-refractivity contribution >= 4 is 43.5 Å². The molecule has 0 aliphatic heterocycles. The maximum atomic E-state index is 12.1. The minimum Gasteiger partial charge on any atom is -0.483 e. The van der Waals surface area contributed by atoms with Crippen molar-refractivity contribution in [3.63, 3.8) is 0 Å². The normalized spacial score (nSPS) is 10.8. The number of amides is 1. The number of hydrogen-bond donors (Lipinski definition) is 1. The number of rotatable bonds is 6. The van der Waals surface area contributed by atoms with Crippen LogP contribution in [0.25, 0.3) is 0 Å². The molecular formula is C19H21Br2NO2. The second-order valence-corrected chi connectivity index (χ2v) is 7.56. The average Bonchev–Trinajstić information content (AvgIpc) is 2.55. The maximum absolute atomic E-state index is 12.1. The molecule has 2 rings (SSSR count). The third-order valence-corrected chi connectivity index (χ3v) is 4.97. The number of ether oxygens (including phenoxy) is 1. The summed E-state index contributed by atoms with van der Waals surface area (Å²) >= 11 is 6.98. The van der Waals surface area contributed by atoms with Gasteiger partial charge in [0.25, 0.3) is 5.91 Å². The quantitative estimate of drug-likeness (QED) is 0.588. The highest BCUT2D eigenvalue weighted by Gasteiger charge is 2.10. The molecule has 0 fully saturated rings. The summed E-state index contributed by atoms with van der Waals surface area (Å²) in [7, 11) is 0. The van der Waals surface area contributed by atoms with Gasteiger partial charge in [0.15, 0.2) is 6.61 Å². The van der Waals surface area contributed by atoms with Gasteiger partial charge in [-0.15, -0.1) is 0 Å². The lowest BCUT2D eigenvalue weighted by Gasteiger charge is -2.12. The lowest BCUT2D eigenvalue weighted by atomic mass is 10.0. The summed E-state index contributed by atoms with van der Waals surface area (Å²) in [5.74, 6) is 0.914. The Kier molecular flexibility index (Phi) is 6.87. The van der Waals surface area contributed by atoms with Crippen LogP contribution in [0.3, 0.4) is 0 Å². The van der Waals surface area contributed by atoms with Crippen LogP contribution < -0.4 is 10.1 Å². The van der Waals surface area contributed by atoms with Gasteiger partial charge in [-0.25, -0.2) is 0 Å². The van der Waals surface area contributed by atoms with Crippen molar-refractivity contribution in [2.45, 2.75) is 33.1 Å². The molecule has 1 amide bonds. The van der Waals surface area contributed by atoms with E-state index in [1.807, 2.05) is 36.4 Å². The first-order valence-corrected chi connectivity index (χ1v) is 9.49. The maximum Gasteiger partial charge on any atom is 0.262 e. The summed E-state index contributed by atoms with van der Waals surface area (Å²) in [4.78, 5) is 12.1. The summed E-state index contributed by atoms with van der Waals surface area (Å²) in [6, 6.07) is 11.8. The molecule has 2 aromatic carbocycles. The number of aryl methyl sites for hydroxylation is 1. The third kappa shape index (κ3) is 5.08. The fourth-order valence-corrected chi connectivity index (χ4v) is 3.24. The van der Waals surface area contributed by atoms with Crippen molar-refractivity contribution in [2.24, 2.45) is 0 Å². The van der Waals surface area contributed by atoms with Crippen molar-refractivity contribution in [2.75, 3.05) is 11.9 Å². The van der Waals surface area contributed by atoms with Crippen LogP contribution in [-0.4, -0.2) is 12.5 Å². The van der Waals surface area contributed by atoms with Crippen LogP contribution in [0.15, 0.2) is 45.3 Å². The van der Waals surface area contributed by atoms with Crippen LogP contribution >= 0.6 is 31.9 Å². The zero-order valence-electron chi connectivity index (χ0n) is 14.0. The average molecular weight is 455 g/mol. The predicted octanol–water partition coefficient (Wildman–Crippen LogP) is 5.91.